The average molecular weight is 1010 g/mol. The molecule has 0 rings (SSSR count). The quantitative estimate of drug-likeness (QED) is 0.0129. The van der Waals surface area contributed by atoms with Gasteiger partial charge in [-0.05, 0) is 63.7 Å². The van der Waals surface area contributed by atoms with E-state index in [0.29, 0.717) is 0 Å². The van der Waals surface area contributed by atoms with Crippen LogP contribution in [0.2, 0.25) is 0 Å². The summed E-state index contributed by atoms with van der Waals surface area (Å²) in [5.74, 6) is -10.3. The molecular weight excluding hydrogens is 933 g/mol. The summed E-state index contributed by atoms with van der Waals surface area (Å²) in [5, 5.41) is 28.6. The molecule has 0 fully saturated rings. The summed E-state index contributed by atoms with van der Waals surface area (Å²) in [6.45, 7) is 10.8. The fourth-order valence-electron chi connectivity index (χ4n) is 6.01. The number of guanidine groups is 2. The molecule has 8 atom stereocenters. The third-order valence-corrected chi connectivity index (χ3v) is 10.2. The van der Waals surface area contributed by atoms with Gasteiger partial charge in [-0.2, -0.15) is 0 Å². The highest BCUT2D eigenvalue weighted by atomic mass is 31.2. The zero-order chi connectivity index (χ0) is 53.3. The Labute approximate surface area is 400 Å². The summed E-state index contributed by atoms with van der Waals surface area (Å²) in [4.78, 5) is 145. The predicted octanol–water partition coefficient (Wildman–Crippen LogP) is -5.48. The Bertz CT molecular complexity index is 1870. The van der Waals surface area contributed by atoms with Crippen LogP contribution in [0.5, 0.6) is 0 Å². The van der Waals surface area contributed by atoms with E-state index in [4.69, 9.17) is 28.7 Å². The third-order valence-electron chi connectivity index (χ3n) is 9.72. The lowest BCUT2D eigenvalue weighted by atomic mass is 9.99. The summed E-state index contributed by atoms with van der Waals surface area (Å²) < 4.78 is 16.1. The van der Waals surface area contributed by atoms with Gasteiger partial charge in [0.25, 0.3) is 0 Å². The molecule has 0 radical (unpaired) electrons. The molecule has 0 spiro atoms. The number of carbonyl (C=O) groups is 9. The zero-order valence-corrected chi connectivity index (χ0v) is 41.2. The van der Waals surface area contributed by atoms with Crippen LogP contribution >= 0.6 is 7.82 Å². The van der Waals surface area contributed by atoms with E-state index in [2.05, 4.69) is 57.0 Å². The largest absolute Gasteiger partial charge is 0.480 e. The number of phosphoric ester groups is 1. The molecule has 30 heteroatoms. The standard InChI is InChI=1S/C39H74N15O14P/c1-18(2)15-25(51-36(62)28(19(3)4)53-27(55)16-40)33(59)50-24(12-10-14-46-39(43)44)32(58)49-23(11-9-13-45-38(41)42)31(57)47-21(7)30(56)52-26(17-68-69(65,66)67)34(60)54-29(20(5)6)35(61)48-22(8)37(63)64/h18-26,28-29H,9-17,40H2,1-8H3,(H,47,57)(H,48,61)(H,49,58)(H,50,59)(H,51,62)(H,52,56)(H,53,55)(H,54,60)(H,63,64)(H4,41,42,45)(H4,43,44,46)(H2,65,66,67)/t21-,22-,23-,24-,25-,26-,28-,29-/m0/s1. The molecule has 69 heavy (non-hydrogen) atoms. The molecule has 0 aliphatic rings. The number of aliphatic imine (C=N–C) groups is 2. The lowest BCUT2D eigenvalue weighted by Gasteiger charge is -2.28. The number of carbonyl (C=O) groups excluding carboxylic acids is 8. The van der Waals surface area contributed by atoms with Gasteiger partial charge in [0.1, 0.15) is 48.3 Å². The number of hydrogen-bond donors (Lipinski definition) is 16. The summed E-state index contributed by atoms with van der Waals surface area (Å²) in [6.07, 6.45) is 0.0440. The van der Waals surface area contributed by atoms with E-state index < -0.39 is 128 Å². The summed E-state index contributed by atoms with van der Waals surface area (Å²) in [6, 6.07) is -11.3. The number of nitrogens with zero attached hydrogens (tertiary/aromatic N) is 2. The molecule has 0 bridgehead atoms. The average Bonchev–Trinajstić information content (AvgIpc) is 3.23. The second kappa shape index (κ2) is 31.1. The first-order valence-electron chi connectivity index (χ1n) is 22.1. The number of phosphoric acid groups is 1. The van der Waals surface area contributed by atoms with Crippen molar-refractivity contribution < 1.29 is 67.1 Å². The fraction of sp³-hybridized carbons (Fsp3) is 0.718. The Hall–Kier alpha value is -6.16. The maximum Gasteiger partial charge on any atom is 0.469 e. The zero-order valence-electron chi connectivity index (χ0n) is 40.3. The van der Waals surface area contributed by atoms with Gasteiger partial charge in [0.05, 0.1) is 13.2 Å². The fourth-order valence-corrected chi connectivity index (χ4v) is 6.35. The molecule has 0 aromatic rings. The molecule has 0 heterocycles. The monoisotopic (exact) mass is 1010 g/mol. The molecule has 0 aromatic heterocycles. The van der Waals surface area contributed by atoms with Crippen molar-refractivity contribution in [2.75, 3.05) is 26.2 Å². The van der Waals surface area contributed by atoms with Gasteiger partial charge in [-0.25, -0.2) is 4.57 Å². The van der Waals surface area contributed by atoms with Crippen LogP contribution in [0, 0.1) is 17.8 Å². The highest BCUT2D eigenvalue weighted by Gasteiger charge is 2.35. The topological polar surface area (TPSA) is 492 Å². The number of carboxylic acids is 1. The van der Waals surface area contributed by atoms with Crippen LogP contribution in [0.25, 0.3) is 0 Å². The molecule has 29 nitrogen and oxygen atoms in total. The molecule has 394 valence electrons. The lowest BCUT2D eigenvalue weighted by Crippen LogP contribution is -2.61. The molecular formula is C39H74N15O14P. The summed E-state index contributed by atoms with van der Waals surface area (Å²) >= 11 is 0. The van der Waals surface area contributed by atoms with Crippen molar-refractivity contribution in [3.05, 3.63) is 0 Å². The van der Waals surface area contributed by atoms with Gasteiger partial charge in [0.2, 0.25) is 47.3 Å². The van der Waals surface area contributed by atoms with E-state index in [0.717, 1.165) is 0 Å². The van der Waals surface area contributed by atoms with Gasteiger partial charge >= 0.3 is 13.8 Å². The first-order valence-corrected chi connectivity index (χ1v) is 23.6. The van der Waals surface area contributed by atoms with Crippen molar-refractivity contribution in [1.29, 1.82) is 0 Å². The second-order valence-electron chi connectivity index (χ2n) is 17.1. The van der Waals surface area contributed by atoms with Crippen molar-refractivity contribution in [2.24, 2.45) is 56.4 Å². The van der Waals surface area contributed by atoms with Crippen LogP contribution in [-0.4, -0.2) is 155 Å². The Balaban J connectivity index is 6.72. The smallest absolute Gasteiger partial charge is 0.469 e. The van der Waals surface area contributed by atoms with Crippen molar-refractivity contribution in [2.45, 2.75) is 136 Å². The van der Waals surface area contributed by atoms with Crippen LogP contribution in [-0.2, 0) is 52.2 Å². The molecule has 8 amide bonds. The number of nitrogens with two attached hydrogens (primary N) is 5. The highest BCUT2D eigenvalue weighted by Crippen LogP contribution is 2.35. The molecule has 0 aromatic carbocycles. The van der Waals surface area contributed by atoms with Crippen LogP contribution in [0.15, 0.2) is 9.98 Å². The minimum Gasteiger partial charge on any atom is -0.480 e. The maximum absolute atomic E-state index is 14.1. The van der Waals surface area contributed by atoms with Gasteiger partial charge in [-0.3, -0.25) is 57.7 Å². The molecule has 0 aliphatic heterocycles. The Morgan fingerprint density at radius 3 is 1.35 bits per heavy atom. The number of amides is 8. The van der Waals surface area contributed by atoms with Crippen LogP contribution < -0.4 is 71.2 Å². The van der Waals surface area contributed by atoms with Crippen molar-refractivity contribution >= 4 is 73.0 Å². The van der Waals surface area contributed by atoms with E-state index in [-0.39, 0.29) is 69.6 Å². The maximum atomic E-state index is 14.1. The number of carboxylic acid groups (broad SMARTS) is 1. The number of rotatable bonds is 32. The van der Waals surface area contributed by atoms with Gasteiger partial charge in [0.15, 0.2) is 11.9 Å². The summed E-state index contributed by atoms with van der Waals surface area (Å²) in [7, 11) is -5.25. The molecule has 0 aliphatic carbocycles. The SMILES string of the molecule is CC(C)C[C@H](NC(=O)[C@@H](NC(=O)CN)C(C)C)C(=O)N[C@@H](CCCN=C(N)N)C(=O)N[C@@H](CCCN=C(N)N)C(=O)N[C@@H](C)C(=O)N[C@@H](COP(=O)(O)O)C(=O)N[C@H](C(=O)N[C@@H](C)C(=O)O)C(C)C. The Morgan fingerprint density at radius 2 is 0.928 bits per heavy atom. The minimum absolute atomic E-state index is 0.0165. The van der Waals surface area contributed by atoms with Gasteiger partial charge in [-0.1, -0.05) is 41.5 Å². The molecule has 21 N–H and O–H groups in total. The number of nitrogens with one attached hydrogen (secondary N) is 8. The van der Waals surface area contributed by atoms with Crippen LogP contribution in [0.4, 0.5) is 0 Å². The molecule has 0 saturated heterocycles. The van der Waals surface area contributed by atoms with Gasteiger partial charge in [0, 0.05) is 13.1 Å². The van der Waals surface area contributed by atoms with Gasteiger partial charge in [-0.15, -0.1) is 0 Å². The van der Waals surface area contributed by atoms with E-state index >= 15 is 0 Å². The third kappa shape index (κ3) is 26.3. The van der Waals surface area contributed by atoms with Crippen LogP contribution in [0.3, 0.4) is 0 Å². The molecule has 0 unspecified atom stereocenters. The first-order chi connectivity index (χ1) is 31.9. The van der Waals surface area contributed by atoms with E-state index in [1.54, 1.807) is 27.7 Å². The van der Waals surface area contributed by atoms with Crippen LogP contribution in [0.1, 0.15) is 87.5 Å². The second-order valence-corrected chi connectivity index (χ2v) is 18.3. The predicted molar refractivity (Wildman–Crippen MR) is 250 cm³/mol. The lowest BCUT2D eigenvalue weighted by molar-refractivity contribution is -0.142. The first kappa shape index (κ1) is 62.8. The Kier molecular flexibility index (Phi) is 28.3. The van der Waals surface area contributed by atoms with E-state index in [1.165, 1.54) is 27.7 Å². The van der Waals surface area contributed by atoms with Gasteiger partial charge < -0.3 is 86.1 Å². The number of hydrogen-bond acceptors (Lipinski definition) is 14. The molecule has 0 saturated carbocycles. The number of aliphatic carboxylic acids is 1. The van der Waals surface area contributed by atoms with Crippen molar-refractivity contribution in [1.82, 2.24) is 42.5 Å². The summed E-state index contributed by atoms with van der Waals surface area (Å²) in [5.41, 5.74) is 27.2. The highest BCUT2D eigenvalue weighted by molar-refractivity contribution is 7.46. The van der Waals surface area contributed by atoms with Crippen molar-refractivity contribution in [3.8, 4) is 0 Å². The van der Waals surface area contributed by atoms with E-state index in [1.807, 2.05) is 0 Å². The van der Waals surface area contributed by atoms with E-state index in [9.17, 15) is 62.6 Å². The van der Waals surface area contributed by atoms with Crippen molar-refractivity contribution in [3.63, 3.8) is 0 Å². The normalized spacial score (nSPS) is 14.8. The Morgan fingerprint density at radius 1 is 0.536 bits per heavy atom. The minimum atomic E-state index is -5.25.